The van der Waals surface area contributed by atoms with Crippen molar-refractivity contribution >= 4 is 0 Å². The number of fused-ring (bicyclic) bond motifs is 1. The first kappa shape index (κ1) is 12.6. The van der Waals surface area contributed by atoms with Gasteiger partial charge in [0.05, 0.1) is 6.10 Å². The molecule has 0 spiro atoms. The fourth-order valence-corrected chi connectivity index (χ4v) is 2.52. The molecule has 1 aliphatic rings. The minimum Gasteiger partial charge on any atom is -0.393 e. The molecule has 0 saturated heterocycles. The van der Waals surface area contributed by atoms with Gasteiger partial charge in [0.1, 0.15) is 0 Å². The maximum Gasteiger partial charge on any atom is 0.0524 e. The van der Waals surface area contributed by atoms with E-state index in [-0.39, 0.29) is 6.10 Å². The standard InChI is InChI=1S/C15H23NO/c1-12(17)8-9-16(2)11-13-6-7-14-4-3-5-15(14)10-13/h6-7,10,12,17H,3-5,8-9,11H2,1-2H3. The number of aryl methyl sites for hydroxylation is 2. The Kier molecular flexibility index (Phi) is 4.19. The van der Waals surface area contributed by atoms with E-state index in [0.29, 0.717) is 0 Å². The van der Waals surface area contributed by atoms with E-state index in [0.717, 1.165) is 19.5 Å². The highest BCUT2D eigenvalue weighted by molar-refractivity contribution is 5.35. The fourth-order valence-electron chi connectivity index (χ4n) is 2.52. The summed E-state index contributed by atoms with van der Waals surface area (Å²) in [7, 11) is 2.12. The van der Waals surface area contributed by atoms with Crippen LogP contribution in [0.1, 0.15) is 36.5 Å². The maximum atomic E-state index is 9.27. The molecule has 1 aromatic rings. The molecule has 0 heterocycles. The summed E-state index contributed by atoms with van der Waals surface area (Å²) in [4.78, 5) is 2.28. The molecule has 1 aromatic carbocycles. The van der Waals surface area contributed by atoms with Crippen molar-refractivity contribution < 1.29 is 5.11 Å². The fraction of sp³-hybridized carbons (Fsp3) is 0.600. The second-order valence-corrected chi connectivity index (χ2v) is 5.33. The van der Waals surface area contributed by atoms with Gasteiger partial charge >= 0.3 is 0 Å². The van der Waals surface area contributed by atoms with E-state index in [1.54, 1.807) is 11.1 Å². The van der Waals surface area contributed by atoms with E-state index < -0.39 is 0 Å². The van der Waals surface area contributed by atoms with Crippen LogP contribution in [0.3, 0.4) is 0 Å². The van der Waals surface area contributed by atoms with E-state index in [1.807, 2.05) is 6.92 Å². The van der Waals surface area contributed by atoms with Gasteiger partial charge in [0.25, 0.3) is 0 Å². The normalized spacial score (nSPS) is 16.2. The van der Waals surface area contributed by atoms with Crippen molar-refractivity contribution in [3.8, 4) is 0 Å². The summed E-state index contributed by atoms with van der Waals surface area (Å²) >= 11 is 0. The van der Waals surface area contributed by atoms with Gasteiger partial charge in [0.2, 0.25) is 0 Å². The molecule has 17 heavy (non-hydrogen) atoms. The predicted molar refractivity (Wildman–Crippen MR) is 71.1 cm³/mol. The van der Waals surface area contributed by atoms with Gasteiger partial charge in [-0.1, -0.05) is 18.2 Å². The molecule has 0 aliphatic heterocycles. The summed E-state index contributed by atoms with van der Waals surface area (Å²) in [6.07, 6.45) is 4.48. The molecule has 0 amide bonds. The lowest BCUT2D eigenvalue weighted by molar-refractivity contribution is 0.163. The molecule has 0 aromatic heterocycles. The first-order valence-corrected chi connectivity index (χ1v) is 6.62. The summed E-state index contributed by atoms with van der Waals surface area (Å²) in [5, 5.41) is 9.27. The van der Waals surface area contributed by atoms with Gasteiger partial charge in [-0.15, -0.1) is 0 Å². The quantitative estimate of drug-likeness (QED) is 0.844. The molecule has 1 aliphatic carbocycles. The van der Waals surface area contributed by atoms with Crippen LogP contribution in [-0.4, -0.2) is 29.7 Å². The number of nitrogens with zero attached hydrogens (tertiary/aromatic N) is 1. The van der Waals surface area contributed by atoms with Gasteiger partial charge in [0, 0.05) is 13.1 Å². The number of aliphatic hydroxyl groups is 1. The third-order valence-electron chi connectivity index (χ3n) is 3.54. The molecule has 1 N–H and O–H groups in total. The largest absolute Gasteiger partial charge is 0.393 e. The Labute approximate surface area is 104 Å². The van der Waals surface area contributed by atoms with Crippen LogP contribution in [-0.2, 0) is 19.4 Å². The second kappa shape index (κ2) is 5.65. The molecular formula is C15H23NO. The zero-order chi connectivity index (χ0) is 12.3. The lowest BCUT2D eigenvalue weighted by Crippen LogP contribution is -2.22. The Morgan fingerprint density at radius 3 is 2.82 bits per heavy atom. The maximum absolute atomic E-state index is 9.27. The Morgan fingerprint density at radius 1 is 1.29 bits per heavy atom. The Morgan fingerprint density at radius 2 is 2.06 bits per heavy atom. The number of benzene rings is 1. The van der Waals surface area contributed by atoms with Crippen LogP contribution in [0, 0.1) is 0 Å². The topological polar surface area (TPSA) is 23.5 Å². The SMILES string of the molecule is CC(O)CCN(C)Cc1ccc2c(c1)CCC2. The van der Waals surface area contributed by atoms with Gasteiger partial charge in [-0.25, -0.2) is 0 Å². The van der Waals surface area contributed by atoms with Crippen LogP contribution in [0.25, 0.3) is 0 Å². The summed E-state index contributed by atoms with van der Waals surface area (Å²) in [6, 6.07) is 6.91. The van der Waals surface area contributed by atoms with Gasteiger partial charge in [-0.2, -0.15) is 0 Å². The van der Waals surface area contributed by atoms with Crippen molar-refractivity contribution in [3.63, 3.8) is 0 Å². The van der Waals surface area contributed by atoms with Crippen molar-refractivity contribution in [2.75, 3.05) is 13.6 Å². The van der Waals surface area contributed by atoms with Crippen LogP contribution in [0.15, 0.2) is 18.2 Å². The van der Waals surface area contributed by atoms with E-state index in [2.05, 4.69) is 30.1 Å². The highest BCUT2D eigenvalue weighted by Gasteiger charge is 2.11. The number of aliphatic hydroxyl groups excluding tert-OH is 1. The molecule has 1 atom stereocenters. The molecule has 2 heteroatoms. The van der Waals surface area contributed by atoms with Crippen molar-refractivity contribution in [2.24, 2.45) is 0 Å². The third kappa shape index (κ3) is 3.55. The Hall–Kier alpha value is -0.860. The average Bonchev–Trinajstić information content (AvgIpc) is 2.73. The predicted octanol–water partition coefficient (Wildman–Crippen LogP) is 2.38. The summed E-state index contributed by atoms with van der Waals surface area (Å²) in [5.74, 6) is 0. The third-order valence-corrected chi connectivity index (χ3v) is 3.54. The van der Waals surface area contributed by atoms with Crippen LogP contribution in [0.4, 0.5) is 0 Å². The lowest BCUT2D eigenvalue weighted by atomic mass is 10.1. The van der Waals surface area contributed by atoms with Gasteiger partial charge < -0.3 is 10.0 Å². The highest BCUT2D eigenvalue weighted by Crippen LogP contribution is 2.23. The van der Waals surface area contributed by atoms with Crippen molar-refractivity contribution in [3.05, 3.63) is 34.9 Å². The summed E-state index contributed by atoms with van der Waals surface area (Å²) in [6.45, 7) is 3.79. The van der Waals surface area contributed by atoms with Crippen LogP contribution in [0.2, 0.25) is 0 Å². The van der Waals surface area contributed by atoms with E-state index >= 15 is 0 Å². The second-order valence-electron chi connectivity index (χ2n) is 5.33. The van der Waals surface area contributed by atoms with Crippen LogP contribution in [0.5, 0.6) is 0 Å². The number of hydrogen-bond donors (Lipinski definition) is 1. The molecule has 2 rings (SSSR count). The molecule has 0 fully saturated rings. The molecule has 2 nitrogen and oxygen atoms in total. The summed E-state index contributed by atoms with van der Waals surface area (Å²) in [5.41, 5.74) is 4.49. The van der Waals surface area contributed by atoms with Crippen LogP contribution < -0.4 is 0 Å². The van der Waals surface area contributed by atoms with Gasteiger partial charge in [-0.3, -0.25) is 0 Å². The number of rotatable bonds is 5. The molecule has 0 saturated carbocycles. The summed E-state index contributed by atoms with van der Waals surface area (Å²) < 4.78 is 0. The first-order valence-electron chi connectivity index (χ1n) is 6.62. The molecule has 1 unspecified atom stereocenters. The van der Waals surface area contributed by atoms with E-state index in [4.69, 9.17) is 0 Å². The zero-order valence-corrected chi connectivity index (χ0v) is 10.9. The molecule has 0 radical (unpaired) electrons. The van der Waals surface area contributed by atoms with Gasteiger partial charge in [-0.05, 0) is 56.3 Å². The van der Waals surface area contributed by atoms with Crippen LogP contribution >= 0.6 is 0 Å². The van der Waals surface area contributed by atoms with Crippen molar-refractivity contribution in [1.82, 2.24) is 4.90 Å². The zero-order valence-electron chi connectivity index (χ0n) is 10.9. The van der Waals surface area contributed by atoms with Crippen molar-refractivity contribution in [2.45, 2.75) is 45.3 Å². The molecular weight excluding hydrogens is 210 g/mol. The monoisotopic (exact) mass is 233 g/mol. The lowest BCUT2D eigenvalue weighted by Gasteiger charge is -2.18. The molecule has 0 bridgehead atoms. The smallest absolute Gasteiger partial charge is 0.0524 e. The minimum absolute atomic E-state index is 0.197. The molecule has 94 valence electrons. The van der Waals surface area contributed by atoms with E-state index in [9.17, 15) is 5.11 Å². The Balaban J connectivity index is 1.90. The minimum atomic E-state index is -0.197. The number of hydrogen-bond acceptors (Lipinski definition) is 2. The van der Waals surface area contributed by atoms with Crippen molar-refractivity contribution in [1.29, 1.82) is 0 Å². The highest BCUT2D eigenvalue weighted by atomic mass is 16.3. The van der Waals surface area contributed by atoms with Gasteiger partial charge in [0.15, 0.2) is 0 Å². The first-order chi connectivity index (χ1) is 8.15. The van der Waals surface area contributed by atoms with E-state index in [1.165, 1.54) is 24.8 Å². The Bertz CT molecular complexity index is 373. The average molecular weight is 233 g/mol.